The van der Waals surface area contributed by atoms with Crippen molar-refractivity contribution in [2.45, 2.75) is 57.7 Å². The third-order valence-corrected chi connectivity index (χ3v) is 6.28. The first kappa shape index (κ1) is 25.7. The highest BCUT2D eigenvalue weighted by Crippen LogP contribution is 2.27. The normalized spacial score (nSPS) is 14.7. The van der Waals surface area contributed by atoms with Crippen molar-refractivity contribution in [2.75, 3.05) is 20.8 Å². The van der Waals surface area contributed by atoms with Crippen LogP contribution in [0.5, 0.6) is 17.2 Å². The van der Waals surface area contributed by atoms with E-state index in [1.54, 1.807) is 51.5 Å². The lowest BCUT2D eigenvalue weighted by atomic mass is 9.95. The summed E-state index contributed by atoms with van der Waals surface area (Å²) in [5.41, 5.74) is 0.834. The first-order valence-corrected chi connectivity index (χ1v) is 12.0. The topological polar surface area (TPSA) is 77.1 Å². The van der Waals surface area contributed by atoms with Gasteiger partial charge in [-0.2, -0.15) is 0 Å². The SMILES string of the molecule is COc1cc(OC)cc(OCC(=O)N(Cc2cccc(Cl)c2)C(C)C(=O)NC2CCCCC2)c1. The molecule has 1 unspecified atom stereocenters. The Hall–Kier alpha value is -2.93. The number of nitrogens with one attached hydrogen (secondary N) is 1. The molecule has 0 bridgehead atoms. The Balaban J connectivity index is 1.73. The quantitative estimate of drug-likeness (QED) is 0.528. The van der Waals surface area contributed by atoms with Crippen molar-refractivity contribution in [3.8, 4) is 17.2 Å². The van der Waals surface area contributed by atoms with Gasteiger partial charge in [-0.3, -0.25) is 9.59 Å². The fourth-order valence-electron chi connectivity index (χ4n) is 4.08. The zero-order valence-electron chi connectivity index (χ0n) is 20.0. The Morgan fingerprint density at radius 3 is 2.29 bits per heavy atom. The van der Waals surface area contributed by atoms with Gasteiger partial charge in [0.05, 0.1) is 14.2 Å². The van der Waals surface area contributed by atoms with E-state index in [4.69, 9.17) is 25.8 Å². The molecule has 34 heavy (non-hydrogen) atoms. The lowest BCUT2D eigenvalue weighted by Gasteiger charge is -2.31. The highest BCUT2D eigenvalue weighted by molar-refractivity contribution is 6.30. The van der Waals surface area contributed by atoms with E-state index in [9.17, 15) is 9.59 Å². The van der Waals surface area contributed by atoms with Gasteiger partial charge in [0, 0.05) is 35.8 Å². The third kappa shape index (κ3) is 7.29. The summed E-state index contributed by atoms with van der Waals surface area (Å²) in [5, 5.41) is 3.70. The van der Waals surface area contributed by atoms with Gasteiger partial charge in [-0.1, -0.05) is 43.0 Å². The molecule has 0 aromatic heterocycles. The molecule has 1 N–H and O–H groups in total. The van der Waals surface area contributed by atoms with Crippen molar-refractivity contribution in [1.82, 2.24) is 10.2 Å². The smallest absolute Gasteiger partial charge is 0.261 e. The minimum absolute atomic E-state index is 0.160. The molecule has 184 valence electrons. The number of amides is 2. The van der Waals surface area contributed by atoms with Crippen LogP contribution in [0.4, 0.5) is 0 Å². The van der Waals surface area contributed by atoms with Gasteiger partial charge < -0.3 is 24.4 Å². The molecule has 3 rings (SSSR count). The lowest BCUT2D eigenvalue weighted by molar-refractivity contribution is -0.142. The maximum Gasteiger partial charge on any atom is 0.261 e. The number of rotatable bonds is 10. The summed E-state index contributed by atoms with van der Waals surface area (Å²) < 4.78 is 16.3. The first-order chi connectivity index (χ1) is 16.4. The number of hydrogen-bond acceptors (Lipinski definition) is 5. The van der Waals surface area contributed by atoms with E-state index >= 15 is 0 Å². The average Bonchev–Trinajstić information content (AvgIpc) is 2.85. The molecule has 0 aliphatic heterocycles. The monoisotopic (exact) mass is 488 g/mol. The van der Waals surface area contributed by atoms with Crippen molar-refractivity contribution in [3.05, 3.63) is 53.1 Å². The fourth-order valence-corrected chi connectivity index (χ4v) is 4.29. The molecule has 0 saturated heterocycles. The molecule has 2 amide bonds. The van der Waals surface area contributed by atoms with Gasteiger partial charge in [0.2, 0.25) is 5.91 Å². The van der Waals surface area contributed by atoms with Crippen LogP contribution in [0.25, 0.3) is 0 Å². The van der Waals surface area contributed by atoms with Gasteiger partial charge in [-0.15, -0.1) is 0 Å². The van der Waals surface area contributed by atoms with Crippen LogP contribution < -0.4 is 19.5 Å². The number of hydrogen-bond donors (Lipinski definition) is 1. The lowest BCUT2D eigenvalue weighted by Crippen LogP contribution is -2.51. The van der Waals surface area contributed by atoms with Crippen molar-refractivity contribution in [2.24, 2.45) is 0 Å². The van der Waals surface area contributed by atoms with Crippen LogP contribution in [0.15, 0.2) is 42.5 Å². The number of benzene rings is 2. The largest absolute Gasteiger partial charge is 0.496 e. The summed E-state index contributed by atoms with van der Waals surface area (Å²) in [6.45, 7) is 1.75. The summed E-state index contributed by atoms with van der Waals surface area (Å²) in [5.74, 6) is 1.07. The second-order valence-electron chi connectivity index (χ2n) is 8.51. The van der Waals surface area contributed by atoms with Gasteiger partial charge in [0.15, 0.2) is 6.61 Å². The molecule has 0 spiro atoms. The second kappa shape index (κ2) is 12.5. The zero-order chi connectivity index (χ0) is 24.5. The van der Waals surface area contributed by atoms with E-state index in [0.717, 1.165) is 31.2 Å². The van der Waals surface area contributed by atoms with E-state index in [0.29, 0.717) is 22.3 Å². The number of halogens is 1. The summed E-state index contributed by atoms with van der Waals surface area (Å²) >= 11 is 6.15. The highest BCUT2D eigenvalue weighted by atomic mass is 35.5. The van der Waals surface area contributed by atoms with Crippen molar-refractivity contribution >= 4 is 23.4 Å². The van der Waals surface area contributed by atoms with E-state index in [2.05, 4.69) is 5.32 Å². The Labute approximate surface area is 206 Å². The molecule has 2 aromatic carbocycles. The number of carbonyl (C=O) groups is 2. The van der Waals surface area contributed by atoms with E-state index in [1.165, 1.54) is 11.3 Å². The van der Waals surface area contributed by atoms with Gasteiger partial charge in [-0.25, -0.2) is 0 Å². The van der Waals surface area contributed by atoms with Crippen LogP contribution >= 0.6 is 11.6 Å². The van der Waals surface area contributed by atoms with E-state index < -0.39 is 6.04 Å². The summed E-state index contributed by atoms with van der Waals surface area (Å²) in [6, 6.07) is 11.8. The number of carbonyl (C=O) groups excluding carboxylic acids is 2. The molecule has 7 nitrogen and oxygen atoms in total. The van der Waals surface area contributed by atoms with Crippen LogP contribution in [0.3, 0.4) is 0 Å². The van der Waals surface area contributed by atoms with Crippen molar-refractivity contribution < 1.29 is 23.8 Å². The Morgan fingerprint density at radius 2 is 1.68 bits per heavy atom. The van der Waals surface area contributed by atoms with Gasteiger partial charge >= 0.3 is 0 Å². The summed E-state index contributed by atoms with van der Waals surface area (Å²) in [7, 11) is 3.09. The van der Waals surface area contributed by atoms with Crippen LogP contribution in [-0.2, 0) is 16.1 Å². The minimum Gasteiger partial charge on any atom is -0.496 e. The zero-order valence-corrected chi connectivity index (χ0v) is 20.8. The number of nitrogens with zero attached hydrogens (tertiary/aromatic N) is 1. The molecular formula is C26H33ClN2O5. The second-order valence-corrected chi connectivity index (χ2v) is 8.94. The molecule has 1 saturated carbocycles. The molecule has 0 radical (unpaired) electrons. The fraction of sp³-hybridized carbons (Fsp3) is 0.462. The predicted octanol–water partition coefficient (Wildman–Crippen LogP) is 4.60. The Bertz CT molecular complexity index is 955. The Kier molecular flexibility index (Phi) is 9.45. The maximum atomic E-state index is 13.3. The predicted molar refractivity (Wildman–Crippen MR) is 132 cm³/mol. The van der Waals surface area contributed by atoms with Gasteiger partial charge in [0.25, 0.3) is 5.91 Å². The molecule has 2 aromatic rings. The average molecular weight is 489 g/mol. The van der Waals surface area contributed by atoms with Gasteiger partial charge in [0.1, 0.15) is 23.3 Å². The first-order valence-electron chi connectivity index (χ1n) is 11.6. The third-order valence-electron chi connectivity index (χ3n) is 6.05. The molecule has 1 aliphatic carbocycles. The number of ether oxygens (including phenoxy) is 3. The highest BCUT2D eigenvalue weighted by Gasteiger charge is 2.28. The maximum absolute atomic E-state index is 13.3. The molecule has 0 heterocycles. The standard InChI is InChI=1S/C26H33ClN2O5/c1-18(26(31)28-21-10-5-4-6-11-21)29(16-19-8-7-9-20(27)12-19)25(30)17-34-24-14-22(32-2)13-23(15-24)33-3/h7-9,12-15,18,21H,4-6,10-11,16-17H2,1-3H3,(H,28,31). The van der Waals surface area contributed by atoms with E-state index in [1.807, 2.05) is 12.1 Å². The summed E-state index contributed by atoms with van der Waals surface area (Å²) in [4.78, 5) is 27.9. The van der Waals surface area contributed by atoms with E-state index in [-0.39, 0.29) is 31.0 Å². The molecule has 1 aliphatic rings. The van der Waals surface area contributed by atoms with Crippen LogP contribution in [0.1, 0.15) is 44.6 Å². The molecule has 1 atom stereocenters. The van der Waals surface area contributed by atoms with Gasteiger partial charge in [-0.05, 0) is 37.5 Å². The molecule has 1 fully saturated rings. The van der Waals surface area contributed by atoms with Crippen LogP contribution in [0.2, 0.25) is 5.02 Å². The van der Waals surface area contributed by atoms with Crippen molar-refractivity contribution in [3.63, 3.8) is 0 Å². The van der Waals surface area contributed by atoms with Crippen LogP contribution in [0, 0.1) is 0 Å². The Morgan fingerprint density at radius 1 is 1.03 bits per heavy atom. The minimum atomic E-state index is -0.670. The number of methoxy groups -OCH3 is 2. The van der Waals surface area contributed by atoms with Crippen LogP contribution in [-0.4, -0.2) is 49.6 Å². The van der Waals surface area contributed by atoms with Crippen molar-refractivity contribution in [1.29, 1.82) is 0 Å². The molecule has 8 heteroatoms. The molecular weight excluding hydrogens is 456 g/mol. The summed E-state index contributed by atoms with van der Waals surface area (Å²) in [6.07, 6.45) is 5.38.